The van der Waals surface area contributed by atoms with E-state index in [4.69, 9.17) is 0 Å². The molecule has 0 aliphatic rings. The summed E-state index contributed by atoms with van der Waals surface area (Å²) in [6.45, 7) is -6.26. The van der Waals surface area contributed by atoms with Gasteiger partial charge in [0.2, 0.25) is 0 Å². The fourth-order valence-electron chi connectivity index (χ4n) is 3.21. The highest BCUT2D eigenvalue weighted by Crippen LogP contribution is 2.56. The Morgan fingerprint density at radius 3 is 1.00 bits per heavy atom. The first-order valence-corrected chi connectivity index (χ1v) is 15.5. The maximum atomic E-state index is 14.0. The minimum atomic E-state index is -7.59. The Morgan fingerprint density at radius 1 is 0.519 bits per heavy atom. The molecule has 0 unspecified atom stereocenters. The highest BCUT2D eigenvalue weighted by atomic mass is 32.2. The highest BCUT2D eigenvalue weighted by Gasteiger charge is 2.87. The van der Waals surface area contributed by atoms with Gasteiger partial charge < -0.3 is 9.47 Å². The maximum Gasteiger partial charge on any atom is 0.460 e. The van der Waals surface area contributed by atoms with Gasteiger partial charge in [0.25, 0.3) is 20.0 Å². The van der Waals surface area contributed by atoms with E-state index in [-0.39, 0.29) is 14.1 Å². The normalized spacial score (nSPS) is 14.9. The summed E-state index contributed by atoms with van der Waals surface area (Å²) in [5.41, 5.74) is -1.89. The fraction of sp³-hybridized carbons (Fsp3) is 0.636. The Balaban J connectivity index is 3.06. The molecule has 302 valence electrons. The average Bonchev–Trinajstić information content (AvgIpc) is 2.98. The van der Waals surface area contributed by atoms with Gasteiger partial charge in [-0.15, -0.1) is 0 Å². The molecular formula is C22H18F18N2O8S2. The quantitative estimate of drug-likeness (QED) is 0.161. The minimum Gasteiger partial charge on any atom is -0.461 e. The van der Waals surface area contributed by atoms with Crippen LogP contribution in [0.5, 0.6) is 0 Å². The van der Waals surface area contributed by atoms with Crippen molar-refractivity contribution in [1.82, 2.24) is 8.61 Å². The van der Waals surface area contributed by atoms with Crippen LogP contribution in [-0.2, 0) is 29.5 Å². The molecule has 0 radical (unpaired) electrons. The summed E-state index contributed by atoms with van der Waals surface area (Å²) < 4.78 is 291. The van der Waals surface area contributed by atoms with Crippen LogP contribution in [0.4, 0.5) is 79.0 Å². The fourth-order valence-corrected chi connectivity index (χ4v) is 5.52. The van der Waals surface area contributed by atoms with E-state index in [1.54, 1.807) is 0 Å². The summed E-state index contributed by atoms with van der Waals surface area (Å²) in [4.78, 5) is 24.8. The van der Waals surface area contributed by atoms with Gasteiger partial charge in [0, 0.05) is 27.2 Å². The molecule has 1 aromatic carbocycles. The first-order chi connectivity index (χ1) is 22.8. The van der Waals surface area contributed by atoms with Gasteiger partial charge in [-0.2, -0.15) is 87.6 Å². The largest absolute Gasteiger partial charge is 0.461 e. The molecule has 0 saturated heterocycles. The Hall–Kier alpha value is -3.28. The lowest BCUT2D eigenvalue weighted by atomic mass is 10.1. The molecule has 0 atom stereocenters. The molecule has 52 heavy (non-hydrogen) atoms. The zero-order valence-electron chi connectivity index (χ0n) is 24.9. The number of ether oxygens (including phenoxy) is 2. The van der Waals surface area contributed by atoms with Crippen LogP contribution in [0.3, 0.4) is 0 Å². The first-order valence-electron chi connectivity index (χ1n) is 12.6. The van der Waals surface area contributed by atoms with Gasteiger partial charge in [0.15, 0.2) is 0 Å². The predicted octanol–water partition coefficient (Wildman–Crippen LogP) is 5.37. The molecule has 0 aliphatic heterocycles. The molecule has 0 amide bonds. The van der Waals surface area contributed by atoms with E-state index in [1.165, 1.54) is 0 Å². The number of alkyl halides is 18. The first kappa shape index (κ1) is 46.7. The van der Waals surface area contributed by atoms with E-state index in [1.807, 2.05) is 0 Å². The molecule has 0 fully saturated rings. The van der Waals surface area contributed by atoms with Gasteiger partial charge in [0.1, 0.15) is 13.2 Å². The van der Waals surface area contributed by atoms with Gasteiger partial charge in [0.05, 0.1) is 11.1 Å². The lowest BCUT2D eigenvalue weighted by Crippen LogP contribution is -2.65. The molecule has 0 aromatic heterocycles. The van der Waals surface area contributed by atoms with Gasteiger partial charge in [-0.05, 0) is 12.1 Å². The van der Waals surface area contributed by atoms with Crippen LogP contribution in [0.2, 0.25) is 0 Å². The van der Waals surface area contributed by atoms with Crippen molar-refractivity contribution < 1.29 is 115 Å². The maximum absolute atomic E-state index is 14.0. The Bertz CT molecular complexity index is 1570. The number of sulfonamides is 2. The van der Waals surface area contributed by atoms with Crippen molar-refractivity contribution in [1.29, 1.82) is 0 Å². The molecule has 1 aromatic rings. The summed E-state index contributed by atoms with van der Waals surface area (Å²) in [6, 6.07) is 3.22. The third-order valence-corrected chi connectivity index (χ3v) is 10.2. The van der Waals surface area contributed by atoms with Gasteiger partial charge in [-0.1, -0.05) is 12.1 Å². The van der Waals surface area contributed by atoms with Crippen molar-refractivity contribution in [3.8, 4) is 0 Å². The average molecular weight is 844 g/mol. The Morgan fingerprint density at radius 2 is 0.769 bits per heavy atom. The summed E-state index contributed by atoms with van der Waals surface area (Å²) in [7, 11) is -14.3. The van der Waals surface area contributed by atoms with Crippen LogP contribution in [0.25, 0.3) is 0 Å². The van der Waals surface area contributed by atoms with Crippen molar-refractivity contribution >= 4 is 32.0 Å². The molecular weight excluding hydrogens is 826 g/mol. The van der Waals surface area contributed by atoms with Crippen molar-refractivity contribution in [2.24, 2.45) is 0 Å². The third kappa shape index (κ3) is 7.82. The minimum absolute atomic E-state index is 0.0414. The summed E-state index contributed by atoms with van der Waals surface area (Å²) in [5.74, 6) is -33.9. The summed E-state index contributed by atoms with van der Waals surface area (Å²) in [5, 5.41) is -14.3. The molecule has 0 aliphatic carbocycles. The number of hydrogen-bond acceptors (Lipinski definition) is 8. The number of benzene rings is 1. The Labute approximate surface area is 278 Å². The number of carbonyl (C=O) groups is 2. The van der Waals surface area contributed by atoms with Crippen LogP contribution in [0.1, 0.15) is 20.7 Å². The predicted molar refractivity (Wildman–Crippen MR) is 132 cm³/mol. The van der Waals surface area contributed by atoms with E-state index >= 15 is 0 Å². The second-order valence-electron chi connectivity index (χ2n) is 9.80. The van der Waals surface area contributed by atoms with Crippen LogP contribution < -0.4 is 0 Å². The zero-order chi connectivity index (χ0) is 41.5. The number of likely N-dealkylation sites (N-methyl/N-ethyl adjacent to an activating group) is 2. The molecule has 0 spiro atoms. The standard InChI is InChI=1S/C22H18F18N2O8S2/c1-41(51(45,46)21(37,38)17(27,28)15(23,24)19(31,32)33)7-9-49-13(43)11-5-3-4-6-12(11)14(44)50-10-8-42(2)52(47,48)22(39,40)18(29,30)16(25,26)20(34,35)36/h3-6H,7-10H2,1-2H3. The van der Waals surface area contributed by atoms with Crippen molar-refractivity contribution in [3.05, 3.63) is 35.4 Å². The molecule has 1 rings (SSSR count). The molecule has 10 nitrogen and oxygen atoms in total. The number of rotatable bonds is 16. The van der Waals surface area contributed by atoms with Crippen molar-refractivity contribution in [2.75, 3.05) is 40.4 Å². The number of halogens is 18. The van der Waals surface area contributed by atoms with Gasteiger partial charge in [-0.3, -0.25) is 0 Å². The van der Waals surface area contributed by atoms with Crippen LogP contribution in [0, 0.1) is 0 Å². The summed E-state index contributed by atoms with van der Waals surface area (Å²) >= 11 is 0. The molecule has 0 N–H and O–H groups in total. The Kier molecular flexibility index (Phi) is 13.0. The van der Waals surface area contributed by atoms with Gasteiger partial charge >= 0.3 is 58.5 Å². The van der Waals surface area contributed by atoms with E-state index in [0.717, 1.165) is 12.1 Å². The number of hydrogen-bond donors (Lipinski definition) is 0. The topological polar surface area (TPSA) is 127 Å². The lowest BCUT2D eigenvalue weighted by Gasteiger charge is -2.34. The highest BCUT2D eigenvalue weighted by molar-refractivity contribution is 7.90. The second kappa shape index (κ2) is 14.5. The van der Waals surface area contributed by atoms with Gasteiger partial charge in [-0.25, -0.2) is 26.4 Å². The monoisotopic (exact) mass is 844 g/mol. The van der Waals surface area contributed by atoms with E-state index in [2.05, 4.69) is 9.47 Å². The number of nitrogens with zero attached hydrogens (tertiary/aromatic N) is 2. The van der Waals surface area contributed by atoms with Crippen LogP contribution >= 0.6 is 0 Å². The van der Waals surface area contributed by atoms with Crippen molar-refractivity contribution in [3.63, 3.8) is 0 Å². The van der Waals surface area contributed by atoms with E-state index in [9.17, 15) is 105 Å². The van der Waals surface area contributed by atoms with Crippen LogP contribution in [0.15, 0.2) is 24.3 Å². The molecule has 30 heteroatoms. The zero-order valence-corrected chi connectivity index (χ0v) is 26.6. The van der Waals surface area contributed by atoms with E-state index in [0.29, 0.717) is 12.1 Å². The molecule has 0 saturated carbocycles. The number of esters is 2. The van der Waals surface area contributed by atoms with E-state index < -0.39 is 125 Å². The van der Waals surface area contributed by atoms with Crippen molar-refractivity contribution in [2.45, 2.75) is 46.6 Å². The third-order valence-electron chi connectivity index (χ3n) is 6.35. The second-order valence-corrected chi connectivity index (χ2v) is 14.0. The summed E-state index contributed by atoms with van der Waals surface area (Å²) in [6.07, 6.45) is -14.7. The lowest BCUT2D eigenvalue weighted by molar-refractivity contribution is -0.382. The van der Waals surface area contributed by atoms with Crippen LogP contribution in [-0.4, -0.2) is 124 Å². The molecule has 0 heterocycles. The SMILES string of the molecule is CN(CCOC(=O)c1ccccc1C(=O)OCCN(C)S(=O)(=O)C(F)(F)C(F)(F)C(F)(F)C(F)(F)F)S(=O)(=O)C(F)(F)C(F)(F)C(F)(F)C(F)(F)F. The smallest absolute Gasteiger partial charge is 0.460 e. The molecule has 0 bridgehead atoms. The number of carbonyl (C=O) groups excluding carboxylic acids is 2.